The molecule has 0 unspecified atom stereocenters. The number of hydrogen-bond acceptors (Lipinski definition) is 3. The third-order valence-electron chi connectivity index (χ3n) is 4.08. The van der Waals surface area contributed by atoms with Crippen molar-refractivity contribution in [3.63, 3.8) is 0 Å². The molecule has 1 saturated heterocycles. The predicted molar refractivity (Wildman–Crippen MR) is 77.8 cm³/mol. The van der Waals surface area contributed by atoms with E-state index in [4.69, 9.17) is 16.3 Å². The highest BCUT2D eigenvalue weighted by molar-refractivity contribution is 6.30. The number of fused-ring (bicyclic) bond motifs is 1. The summed E-state index contributed by atoms with van der Waals surface area (Å²) in [6, 6.07) is 4.21. The summed E-state index contributed by atoms with van der Waals surface area (Å²) in [6.07, 6.45) is 0.871. The number of carbonyl (C=O) groups is 1. The van der Waals surface area contributed by atoms with Gasteiger partial charge in [-0.25, -0.2) is 0 Å². The maximum absolute atomic E-state index is 11.6. The largest absolute Gasteiger partial charge is 0.378 e. The lowest BCUT2D eigenvalue weighted by molar-refractivity contribution is -0.129. The molecule has 2 aliphatic rings. The predicted octanol–water partition coefficient (Wildman–Crippen LogP) is 1.91. The van der Waals surface area contributed by atoms with Crippen molar-refractivity contribution in [3.8, 4) is 0 Å². The van der Waals surface area contributed by atoms with Crippen molar-refractivity contribution in [3.05, 3.63) is 33.8 Å². The van der Waals surface area contributed by atoms with Gasteiger partial charge in [0.15, 0.2) is 0 Å². The lowest BCUT2D eigenvalue weighted by Gasteiger charge is -2.33. The number of ether oxygens (including phenoxy) is 1. The molecule has 20 heavy (non-hydrogen) atoms. The van der Waals surface area contributed by atoms with E-state index in [2.05, 4.69) is 5.32 Å². The Hall–Kier alpha value is -1.10. The zero-order chi connectivity index (χ0) is 14.1. The monoisotopic (exact) mass is 294 g/mol. The Labute approximate surface area is 124 Å². The van der Waals surface area contributed by atoms with Gasteiger partial charge in [-0.05, 0) is 35.2 Å². The highest BCUT2D eigenvalue weighted by Gasteiger charge is 2.26. The fourth-order valence-electron chi connectivity index (χ4n) is 3.00. The molecule has 2 aliphatic heterocycles. The molecule has 0 radical (unpaired) electrons. The molecule has 1 N–H and O–H groups in total. The first-order valence-electron chi connectivity index (χ1n) is 7.03. The van der Waals surface area contributed by atoms with Gasteiger partial charge in [-0.15, -0.1) is 0 Å². The second-order valence-corrected chi connectivity index (χ2v) is 5.84. The summed E-state index contributed by atoms with van der Waals surface area (Å²) >= 11 is 6.25. The molecule has 0 saturated carbocycles. The maximum Gasteiger partial charge on any atom is 0.219 e. The van der Waals surface area contributed by atoms with Crippen LogP contribution in [0.1, 0.15) is 29.7 Å². The van der Waals surface area contributed by atoms with Crippen LogP contribution < -0.4 is 5.32 Å². The molecule has 0 spiro atoms. The van der Waals surface area contributed by atoms with Crippen LogP contribution in [0.2, 0.25) is 5.02 Å². The van der Waals surface area contributed by atoms with Crippen molar-refractivity contribution in [2.24, 2.45) is 0 Å². The van der Waals surface area contributed by atoms with Crippen molar-refractivity contribution in [2.75, 3.05) is 26.3 Å². The van der Waals surface area contributed by atoms with Crippen molar-refractivity contribution in [1.82, 2.24) is 10.2 Å². The minimum absolute atomic E-state index is 0.129. The van der Waals surface area contributed by atoms with Gasteiger partial charge in [0.25, 0.3) is 0 Å². The second-order valence-electron chi connectivity index (χ2n) is 5.40. The van der Waals surface area contributed by atoms with Gasteiger partial charge in [0.1, 0.15) is 0 Å². The van der Waals surface area contributed by atoms with Crippen molar-refractivity contribution in [1.29, 1.82) is 0 Å². The van der Waals surface area contributed by atoms with Crippen molar-refractivity contribution < 1.29 is 9.53 Å². The number of rotatable bonds is 1. The van der Waals surface area contributed by atoms with Crippen LogP contribution in [-0.4, -0.2) is 37.1 Å². The molecule has 0 aliphatic carbocycles. The Morgan fingerprint density at radius 1 is 1.50 bits per heavy atom. The van der Waals surface area contributed by atoms with Crippen molar-refractivity contribution >= 4 is 17.5 Å². The van der Waals surface area contributed by atoms with Crippen LogP contribution >= 0.6 is 11.6 Å². The smallest absolute Gasteiger partial charge is 0.219 e. The first-order valence-corrected chi connectivity index (χ1v) is 7.41. The molecule has 1 fully saturated rings. The summed E-state index contributed by atoms with van der Waals surface area (Å²) in [5.74, 6) is 0.129. The van der Waals surface area contributed by atoms with Crippen LogP contribution in [0.4, 0.5) is 0 Å². The summed E-state index contributed by atoms with van der Waals surface area (Å²) in [4.78, 5) is 13.5. The third kappa shape index (κ3) is 2.68. The lowest BCUT2D eigenvalue weighted by atomic mass is 9.91. The number of carbonyl (C=O) groups excluding carboxylic acids is 1. The molecule has 0 aromatic heterocycles. The molecule has 1 atom stereocenters. The van der Waals surface area contributed by atoms with E-state index in [1.165, 1.54) is 16.7 Å². The Kier molecular flexibility index (Phi) is 3.96. The van der Waals surface area contributed by atoms with Gasteiger partial charge < -0.3 is 15.0 Å². The van der Waals surface area contributed by atoms with Gasteiger partial charge in [0.05, 0.1) is 19.3 Å². The minimum Gasteiger partial charge on any atom is -0.378 e. The molecular formula is C15H19ClN2O2. The van der Waals surface area contributed by atoms with Gasteiger partial charge in [0.2, 0.25) is 5.91 Å². The van der Waals surface area contributed by atoms with E-state index >= 15 is 0 Å². The first kappa shape index (κ1) is 13.9. The molecule has 4 nitrogen and oxygen atoms in total. The van der Waals surface area contributed by atoms with Crippen LogP contribution in [0.5, 0.6) is 0 Å². The van der Waals surface area contributed by atoms with E-state index in [1.54, 1.807) is 6.92 Å². The number of halogens is 1. The molecule has 108 valence electrons. The highest BCUT2D eigenvalue weighted by Crippen LogP contribution is 2.31. The van der Waals surface area contributed by atoms with E-state index in [-0.39, 0.29) is 11.9 Å². The average molecular weight is 295 g/mol. The Morgan fingerprint density at radius 3 is 3.05 bits per heavy atom. The summed E-state index contributed by atoms with van der Waals surface area (Å²) in [5, 5.41) is 4.24. The molecule has 1 aromatic carbocycles. The van der Waals surface area contributed by atoms with E-state index < -0.39 is 0 Å². The lowest BCUT2D eigenvalue weighted by Crippen LogP contribution is -2.38. The normalized spacial score (nSPS) is 22.5. The number of hydrogen-bond donors (Lipinski definition) is 1. The number of benzene rings is 1. The molecule has 3 rings (SSSR count). The number of nitrogens with zero attached hydrogens (tertiary/aromatic N) is 1. The van der Waals surface area contributed by atoms with E-state index in [9.17, 15) is 4.79 Å². The van der Waals surface area contributed by atoms with Gasteiger partial charge in [0, 0.05) is 31.6 Å². The summed E-state index contributed by atoms with van der Waals surface area (Å²) in [6.45, 7) is 5.34. The van der Waals surface area contributed by atoms with E-state index in [0.29, 0.717) is 13.2 Å². The fourth-order valence-corrected chi connectivity index (χ4v) is 3.25. The molecular weight excluding hydrogens is 276 g/mol. The summed E-state index contributed by atoms with van der Waals surface area (Å²) in [5.41, 5.74) is 3.68. The van der Waals surface area contributed by atoms with Crippen LogP contribution in [-0.2, 0) is 22.5 Å². The van der Waals surface area contributed by atoms with Gasteiger partial charge in [-0.3, -0.25) is 4.79 Å². The SMILES string of the molecule is CC(=O)N1CCc2cc(Cl)cc([C@@H]3COCCN3)c2C1. The van der Waals surface area contributed by atoms with Crippen LogP contribution in [0, 0.1) is 0 Å². The zero-order valence-corrected chi connectivity index (χ0v) is 12.4. The Bertz CT molecular complexity index is 527. The molecule has 1 aromatic rings. The van der Waals surface area contributed by atoms with Gasteiger partial charge in [-0.2, -0.15) is 0 Å². The number of morpholine rings is 1. The molecule has 1 amide bonds. The fraction of sp³-hybridized carbons (Fsp3) is 0.533. The first-order chi connectivity index (χ1) is 9.65. The second kappa shape index (κ2) is 5.72. The number of nitrogens with one attached hydrogen (secondary N) is 1. The Morgan fingerprint density at radius 2 is 2.35 bits per heavy atom. The molecule has 2 heterocycles. The van der Waals surface area contributed by atoms with E-state index in [1.807, 2.05) is 17.0 Å². The molecule has 0 bridgehead atoms. The summed E-state index contributed by atoms with van der Waals surface area (Å²) in [7, 11) is 0. The Balaban J connectivity index is 1.97. The summed E-state index contributed by atoms with van der Waals surface area (Å²) < 4.78 is 5.56. The van der Waals surface area contributed by atoms with E-state index in [0.717, 1.165) is 31.1 Å². The zero-order valence-electron chi connectivity index (χ0n) is 11.6. The minimum atomic E-state index is 0.129. The van der Waals surface area contributed by atoms with Crippen molar-refractivity contribution in [2.45, 2.75) is 25.9 Å². The van der Waals surface area contributed by atoms with Gasteiger partial charge >= 0.3 is 0 Å². The van der Waals surface area contributed by atoms with Crippen LogP contribution in [0.3, 0.4) is 0 Å². The topological polar surface area (TPSA) is 41.6 Å². The molecule has 5 heteroatoms. The maximum atomic E-state index is 11.6. The third-order valence-corrected chi connectivity index (χ3v) is 4.30. The van der Waals surface area contributed by atoms with Crippen LogP contribution in [0.15, 0.2) is 12.1 Å². The highest BCUT2D eigenvalue weighted by atomic mass is 35.5. The van der Waals surface area contributed by atoms with Crippen LogP contribution in [0.25, 0.3) is 0 Å². The quantitative estimate of drug-likeness (QED) is 0.860. The standard InChI is InChI=1S/C15H19ClN2O2/c1-10(19)18-4-2-11-6-12(16)7-13(14(11)8-18)15-9-20-5-3-17-15/h6-7,15,17H,2-5,8-9H2,1H3/t15-/m0/s1. The van der Waals surface area contributed by atoms with Gasteiger partial charge in [-0.1, -0.05) is 11.6 Å². The average Bonchev–Trinajstić information content (AvgIpc) is 2.46. The number of amides is 1.